The molecule has 0 spiro atoms. The maximum Gasteiger partial charge on any atom is 0.129 e. The Kier molecular flexibility index (Phi) is 4.40. The van der Waals surface area contributed by atoms with Crippen molar-refractivity contribution in [2.75, 3.05) is 38.1 Å². The smallest absolute Gasteiger partial charge is 0.129 e. The van der Waals surface area contributed by atoms with Crippen molar-refractivity contribution in [1.29, 1.82) is 0 Å². The highest BCUT2D eigenvalue weighted by atomic mass is 79.9. The number of rotatable bonds is 2. The summed E-state index contributed by atoms with van der Waals surface area (Å²) >= 11 is 3.38. The van der Waals surface area contributed by atoms with Crippen molar-refractivity contribution in [3.8, 4) is 0 Å². The number of likely N-dealkylation sites (N-methyl/N-ethyl adjacent to an activating group) is 1. The van der Waals surface area contributed by atoms with Gasteiger partial charge in [-0.25, -0.2) is 4.39 Å². The molecule has 94 valence electrons. The molecule has 1 aromatic rings. The van der Waals surface area contributed by atoms with Gasteiger partial charge in [0.1, 0.15) is 5.82 Å². The Labute approximate surface area is 111 Å². The largest absolute Gasteiger partial charge is 0.370 e. The molecule has 1 heterocycles. The summed E-state index contributed by atoms with van der Waals surface area (Å²) in [4.78, 5) is 4.62. The second-order valence-corrected chi connectivity index (χ2v) is 5.08. The van der Waals surface area contributed by atoms with E-state index in [1.807, 2.05) is 6.07 Å². The van der Waals surface area contributed by atoms with Gasteiger partial charge in [-0.2, -0.15) is 0 Å². The normalized spacial score (nSPS) is 18.2. The van der Waals surface area contributed by atoms with Gasteiger partial charge in [-0.05, 0) is 32.1 Å². The topological polar surface area (TPSA) is 6.48 Å². The van der Waals surface area contributed by atoms with E-state index in [9.17, 15) is 4.39 Å². The van der Waals surface area contributed by atoms with Gasteiger partial charge >= 0.3 is 0 Å². The summed E-state index contributed by atoms with van der Waals surface area (Å²) in [7, 11) is 2.14. The van der Waals surface area contributed by atoms with Crippen LogP contribution in [-0.4, -0.2) is 38.1 Å². The highest BCUT2D eigenvalue weighted by Crippen LogP contribution is 2.26. The third kappa shape index (κ3) is 2.99. The summed E-state index contributed by atoms with van der Waals surface area (Å²) in [5.74, 6) is -0.114. The Bertz CT molecular complexity index is 384. The first kappa shape index (κ1) is 12.8. The predicted octanol–water partition coefficient (Wildman–Crippen LogP) is 2.86. The molecule has 0 N–H and O–H groups in total. The molecule has 0 saturated carbocycles. The summed E-state index contributed by atoms with van der Waals surface area (Å²) in [6.07, 6.45) is 1.13. The maximum atomic E-state index is 13.7. The van der Waals surface area contributed by atoms with E-state index in [1.54, 1.807) is 6.07 Å². The van der Waals surface area contributed by atoms with Gasteiger partial charge in [-0.3, -0.25) is 0 Å². The van der Waals surface area contributed by atoms with Crippen LogP contribution in [0.5, 0.6) is 0 Å². The molecular weight excluding hydrogens is 283 g/mol. The van der Waals surface area contributed by atoms with E-state index in [0.717, 1.165) is 43.9 Å². The Hall–Kier alpha value is -0.610. The van der Waals surface area contributed by atoms with E-state index >= 15 is 0 Å². The quantitative estimate of drug-likeness (QED) is 0.775. The lowest BCUT2D eigenvalue weighted by atomic mass is 10.1. The zero-order valence-corrected chi connectivity index (χ0v) is 11.7. The lowest BCUT2D eigenvalue weighted by molar-refractivity contribution is 0.360. The summed E-state index contributed by atoms with van der Waals surface area (Å²) < 4.78 is 13.7. The van der Waals surface area contributed by atoms with Crippen LogP contribution in [0.2, 0.25) is 0 Å². The molecule has 1 fully saturated rings. The van der Waals surface area contributed by atoms with Gasteiger partial charge in [0, 0.05) is 36.2 Å². The van der Waals surface area contributed by atoms with Crippen molar-refractivity contribution in [3.63, 3.8) is 0 Å². The Morgan fingerprint density at radius 2 is 2.06 bits per heavy atom. The Morgan fingerprint density at radius 3 is 2.82 bits per heavy atom. The van der Waals surface area contributed by atoms with Gasteiger partial charge in [0.05, 0.1) is 0 Å². The predicted molar refractivity (Wildman–Crippen MR) is 73.4 cm³/mol. The summed E-state index contributed by atoms with van der Waals surface area (Å²) in [6, 6.07) is 5.35. The first-order valence-corrected chi connectivity index (χ1v) is 7.11. The molecule has 2 rings (SSSR count). The average molecular weight is 301 g/mol. The molecule has 0 amide bonds. The molecule has 0 radical (unpaired) electrons. The SMILES string of the molecule is CN1CCCN(c2cccc(F)c2CBr)CC1. The number of anilines is 1. The number of halogens is 2. The fraction of sp³-hybridized carbons (Fsp3) is 0.538. The third-order valence-corrected chi connectivity index (χ3v) is 3.85. The zero-order chi connectivity index (χ0) is 12.3. The molecule has 0 atom stereocenters. The van der Waals surface area contributed by atoms with E-state index < -0.39 is 0 Å². The van der Waals surface area contributed by atoms with E-state index in [4.69, 9.17) is 0 Å². The first-order valence-electron chi connectivity index (χ1n) is 5.99. The van der Waals surface area contributed by atoms with Gasteiger partial charge in [0.25, 0.3) is 0 Å². The van der Waals surface area contributed by atoms with E-state index in [1.165, 1.54) is 6.07 Å². The van der Waals surface area contributed by atoms with Crippen molar-refractivity contribution in [1.82, 2.24) is 4.90 Å². The van der Waals surface area contributed by atoms with Crippen LogP contribution in [0.15, 0.2) is 18.2 Å². The molecule has 0 aliphatic carbocycles. The average Bonchev–Trinajstić information content (AvgIpc) is 2.54. The molecule has 4 heteroatoms. The van der Waals surface area contributed by atoms with E-state index in [-0.39, 0.29) is 5.82 Å². The van der Waals surface area contributed by atoms with E-state index in [2.05, 4.69) is 32.8 Å². The number of hydrogen-bond donors (Lipinski definition) is 0. The molecule has 1 saturated heterocycles. The Morgan fingerprint density at radius 1 is 1.24 bits per heavy atom. The van der Waals surface area contributed by atoms with Gasteiger partial charge in [0.2, 0.25) is 0 Å². The third-order valence-electron chi connectivity index (χ3n) is 3.29. The molecule has 17 heavy (non-hydrogen) atoms. The molecule has 1 aromatic carbocycles. The number of nitrogens with zero attached hydrogens (tertiary/aromatic N) is 2. The summed E-state index contributed by atoms with van der Waals surface area (Å²) in [5, 5.41) is 0.571. The minimum absolute atomic E-state index is 0.114. The van der Waals surface area contributed by atoms with Crippen LogP contribution >= 0.6 is 15.9 Å². The van der Waals surface area contributed by atoms with Crippen LogP contribution in [0, 0.1) is 5.82 Å². The molecule has 1 aliphatic heterocycles. The fourth-order valence-electron chi connectivity index (χ4n) is 2.26. The zero-order valence-electron chi connectivity index (χ0n) is 10.1. The van der Waals surface area contributed by atoms with Gasteiger partial charge < -0.3 is 9.80 Å². The fourth-order valence-corrected chi connectivity index (χ4v) is 2.82. The van der Waals surface area contributed by atoms with Crippen molar-refractivity contribution in [2.45, 2.75) is 11.8 Å². The van der Waals surface area contributed by atoms with Crippen LogP contribution in [0.4, 0.5) is 10.1 Å². The second kappa shape index (κ2) is 5.83. The molecule has 0 bridgehead atoms. The van der Waals surface area contributed by atoms with E-state index in [0.29, 0.717) is 5.33 Å². The minimum Gasteiger partial charge on any atom is -0.370 e. The minimum atomic E-state index is -0.114. The number of hydrogen-bond acceptors (Lipinski definition) is 2. The van der Waals surface area contributed by atoms with Gasteiger partial charge in [0.15, 0.2) is 0 Å². The summed E-state index contributed by atoms with van der Waals surface area (Å²) in [5.41, 5.74) is 1.81. The lowest BCUT2D eigenvalue weighted by Crippen LogP contribution is -2.29. The molecular formula is C13H18BrFN2. The van der Waals surface area contributed by atoms with Crippen LogP contribution in [-0.2, 0) is 5.33 Å². The Balaban J connectivity index is 2.23. The molecule has 2 nitrogen and oxygen atoms in total. The van der Waals surface area contributed by atoms with Gasteiger partial charge in [-0.15, -0.1) is 0 Å². The van der Waals surface area contributed by atoms with Crippen LogP contribution < -0.4 is 4.90 Å². The molecule has 0 unspecified atom stereocenters. The maximum absolute atomic E-state index is 13.7. The lowest BCUT2D eigenvalue weighted by Gasteiger charge is -2.25. The second-order valence-electron chi connectivity index (χ2n) is 4.52. The molecule has 0 aromatic heterocycles. The first-order chi connectivity index (χ1) is 8.22. The number of alkyl halides is 1. The van der Waals surface area contributed by atoms with Crippen molar-refractivity contribution < 1.29 is 4.39 Å². The standard InChI is InChI=1S/C13H18BrFN2/c1-16-6-3-7-17(9-8-16)13-5-2-4-12(15)11(13)10-14/h2,4-5H,3,6-10H2,1H3. The highest BCUT2D eigenvalue weighted by molar-refractivity contribution is 9.08. The molecule has 1 aliphatic rings. The van der Waals surface area contributed by atoms with Crippen molar-refractivity contribution in [2.24, 2.45) is 0 Å². The van der Waals surface area contributed by atoms with Gasteiger partial charge in [-0.1, -0.05) is 22.0 Å². The van der Waals surface area contributed by atoms with Crippen molar-refractivity contribution >= 4 is 21.6 Å². The van der Waals surface area contributed by atoms with Crippen LogP contribution in [0.25, 0.3) is 0 Å². The highest BCUT2D eigenvalue weighted by Gasteiger charge is 2.16. The summed E-state index contributed by atoms with van der Waals surface area (Å²) in [6.45, 7) is 4.14. The van der Waals surface area contributed by atoms with Crippen molar-refractivity contribution in [3.05, 3.63) is 29.6 Å². The number of benzene rings is 1. The van der Waals surface area contributed by atoms with Crippen LogP contribution in [0.3, 0.4) is 0 Å². The monoisotopic (exact) mass is 300 g/mol. The van der Waals surface area contributed by atoms with Crippen LogP contribution in [0.1, 0.15) is 12.0 Å².